The van der Waals surface area contributed by atoms with Crippen molar-refractivity contribution in [3.8, 4) is 5.75 Å². The minimum Gasteiger partial charge on any atom is -0.497 e. The molecule has 0 aromatic heterocycles. The summed E-state index contributed by atoms with van der Waals surface area (Å²) in [6.07, 6.45) is 0.964. The SMILES string of the molecule is COc1ccc(Cc2ccc(N3CCNCC3)cc2)cc1. The summed E-state index contributed by atoms with van der Waals surface area (Å²) in [5.74, 6) is 0.910. The van der Waals surface area contributed by atoms with Gasteiger partial charge in [0.2, 0.25) is 0 Å². The summed E-state index contributed by atoms with van der Waals surface area (Å²) in [6.45, 7) is 4.34. The highest BCUT2D eigenvalue weighted by atomic mass is 16.5. The van der Waals surface area contributed by atoms with Gasteiger partial charge in [-0.15, -0.1) is 0 Å². The maximum Gasteiger partial charge on any atom is 0.118 e. The predicted molar refractivity (Wildman–Crippen MR) is 87.3 cm³/mol. The van der Waals surface area contributed by atoms with Crippen LogP contribution in [0.5, 0.6) is 5.75 Å². The van der Waals surface area contributed by atoms with Gasteiger partial charge >= 0.3 is 0 Å². The second-order valence-electron chi connectivity index (χ2n) is 5.43. The van der Waals surface area contributed by atoms with Crippen LogP contribution in [0.2, 0.25) is 0 Å². The number of anilines is 1. The summed E-state index contributed by atoms with van der Waals surface area (Å²) < 4.78 is 5.19. The molecular weight excluding hydrogens is 260 g/mol. The van der Waals surface area contributed by atoms with Crippen LogP contribution >= 0.6 is 0 Å². The van der Waals surface area contributed by atoms with E-state index in [1.807, 2.05) is 12.1 Å². The molecule has 2 aromatic rings. The number of methoxy groups -OCH3 is 1. The highest BCUT2D eigenvalue weighted by molar-refractivity contribution is 5.48. The lowest BCUT2D eigenvalue weighted by atomic mass is 10.0. The number of nitrogens with zero attached hydrogens (tertiary/aromatic N) is 1. The molecule has 0 bridgehead atoms. The first-order valence-electron chi connectivity index (χ1n) is 7.53. The second kappa shape index (κ2) is 6.64. The van der Waals surface area contributed by atoms with Crippen LogP contribution in [0.1, 0.15) is 11.1 Å². The highest BCUT2D eigenvalue weighted by Gasteiger charge is 2.09. The number of ether oxygens (including phenoxy) is 1. The van der Waals surface area contributed by atoms with E-state index < -0.39 is 0 Å². The normalized spacial score (nSPS) is 15.0. The Bertz CT molecular complexity index is 557. The van der Waals surface area contributed by atoms with E-state index in [9.17, 15) is 0 Å². The monoisotopic (exact) mass is 282 g/mol. The quantitative estimate of drug-likeness (QED) is 0.933. The van der Waals surface area contributed by atoms with Crippen molar-refractivity contribution in [3.05, 3.63) is 59.7 Å². The van der Waals surface area contributed by atoms with E-state index in [1.165, 1.54) is 16.8 Å². The zero-order valence-corrected chi connectivity index (χ0v) is 12.5. The number of piperazine rings is 1. The average Bonchev–Trinajstić information content (AvgIpc) is 2.57. The zero-order valence-electron chi connectivity index (χ0n) is 12.5. The van der Waals surface area contributed by atoms with E-state index in [4.69, 9.17) is 4.74 Å². The summed E-state index contributed by atoms with van der Waals surface area (Å²) in [5.41, 5.74) is 3.99. The third-order valence-corrected chi connectivity index (χ3v) is 3.99. The Balaban J connectivity index is 1.65. The van der Waals surface area contributed by atoms with Gasteiger partial charge in [-0.2, -0.15) is 0 Å². The van der Waals surface area contributed by atoms with Gasteiger partial charge in [0, 0.05) is 31.9 Å². The number of benzene rings is 2. The minimum absolute atomic E-state index is 0.910. The molecule has 1 N–H and O–H groups in total. The maximum atomic E-state index is 5.19. The van der Waals surface area contributed by atoms with Gasteiger partial charge < -0.3 is 15.0 Å². The first-order valence-corrected chi connectivity index (χ1v) is 7.53. The molecule has 3 rings (SSSR count). The van der Waals surface area contributed by atoms with Gasteiger partial charge in [-0.1, -0.05) is 24.3 Å². The molecule has 0 amide bonds. The second-order valence-corrected chi connectivity index (χ2v) is 5.43. The topological polar surface area (TPSA) is 24.5 Å². The van der Waals surface area contributed by atoms with Crippen LogP contribution in [0.25, 0.3) is 0 Å². The van der Waals surface area contributed by atoms with Crippen molar-refractivity contribution in [1.29, 1.82) is 0 Å². The Morgan fingerprint density at radius 2 is 1.48 bits per heavy atom. The van der Waals surface area contributed by atoms with E-state index in [1.54, 1.807) is 7.11 Å². The Morgan fingerprint density at radius 3 is 2.05 bits per heavy atom. The van der Waals surface area contributed by atoms with Crippen LogP contribution in [-0.2, 0) is 6.42 Å². The fourth-order valence-corrected chi connectivity index (χ4v) is 2.73. The molecule has 0 aliphatic carbocycles. The zero-order chi connectivity index (χ0) is 14.5. The molecule has 110 valence electrons. The smallest absolute Gasteiger partial charge is 0.118 e. The average molecular weight is 282 g/mol. The molecule has 0 spiro atoms. The third kappa shape index (κ3) is 3.56. The Kier molecular flexibility index (Phi) is 4.41. The molecule has 0 atom stereocenters. The van der Waals surface area contributed by atoms with Gasteiger partial charge in [-0.25, -0.2) is 0 Å². The van der Waals surface area contributed by atoms with Gasteiger partial charge in [0.15, 0.2) is 0 Å². The molecule has 21 heavy (non-hydrogen) atoms. The molecule has 0 unspecified atom stereocenters. The molecule has 1 aliphatic rings. The van der Waals surface area contributed by atoms with Crippen LogP contribution in [0.3, 0.4) is 0 Å². The summed E-state index contributed by atoms with van der Waals surface area (Å²) in [6, 6.07) is 17.2. The molecule has 1 saturated heterocycles. The minimum atomic E-state index is 0.910. The van der Waals surface area contributed by atoms with Gasteiger partial charge in [-0.3, -0.25) is 0 Å². The Labute approximate surface area is 126 Å². The Hall–Kier alpha value is -2.00. The first-order chi connectivity index (χ1) is 10.3. The molecule has 1 fully saturated rings. The molecule has 1 aliphatic heterocycles. The van der Waals surface area contributed by atoms with E-state index in [0.717, 1.165) is 38.3 Å². The van der Waals surface area contributed by atoms with Crippen molar-refractivity contribution < 1.29 is 4.74 Å². The van der Waals surface area contributed by atoms with Crippen molar-refractivity contribution >= 4 is 5.69 Å². The van der Waals surface area contributed by atoms with Crippen molar-refractivity contribution in [2.24, 2.45) is 0 Å². The summed E-state index contributed by atoms with van der Waals surface area (Å²) in [5, 5.41) is 3.39. The Morgan fingerprint density at radius 1 is 0.905 bits per heavy atom. The predicted octanol–water partition coefficient (Wildman–Crippen LogP) is 2.70. The van der Waals surface area contributed by atoms with Crippen LogP contribution in [0.15, 0.2) is 48.5 Å². The van der Waals surface area contributed by atoms with Crippen molar-refractivity contribution in [2.45, 2.75) is 6.42 Å². The van der Waals surface area contributed by atoms with E-state index in [0.29, 0.717) is 0 Å². The van der Waals surface area contributed by atoms with Crippen molar-refractivity contribution in [1.82, 2.24) is 5.32 Å². The van der Waals surface area contributed by atoms with Gasteiger partial charge in [-0.05, 0) is 41.8 Å². The fourth-order valence-electron chi connectivity index (χ4n) is 2.73. The van der Waals surface area contributed by atoms with Gasteiger partial charge in [0.05, 0.1) is 7.11 Å². The largest absolute Gasteiger partial charge is 0.497 e. The number of hydrogen-bond acceptors (Lipinski definition) is 3. The molecule has 2 aromatic carbocycles. The number of rotatable bonds is 4. The molecular formula is C18H22N2O. The molecule has 1 heterocycles. The lowest BCUT2D eigenvalue weighted by Crippen LogP contribution is -2.43. The van der Waals surface area contributed by atoms with Crippen LogP contribution in [0.4, 0.5) is 5.69 Å². The number of nitrogens with one attached hydrogen (secondary N) is 1. The van der Waals surface area contributed by atoms with E-state index in [2.05, 4.69) is 46.6 Å². The van der Waals surface area contributed by atoms with Crippen LogP contribution < -0.4 is 15.0 Å². The van der Waals surface area contributed by atoms with Crippen molar-refractivity contribution in [2.75, 3.05) is 38.2 Å². The van der Waals surface area contributed by atoms with Crippen LogP contribution in [-0.4, -0.2) is 33.3 Å². The maximum absolute atomic E-state index is 5.19. The lowest BCUT2D eigenvalue weighted by Gasteiger charge is -2.29. The molecule has 3 nitrogen and oxygen atoms in total. The molecule has 0 saturated carbocycles. The standard InChI is InChI=1S/C18H22N2O/c1-21-18-8-4-16(5-9-18)14-15-2-6-17(7-3-15)20-12-10-19-11-13-20/h2-9,19H,10-14H2,1H3. The summed E-state index contributed by atoms with van der Waals surface area (Å²) in [4.78, 5) is 2.44. The highest BCUT2D eigenvalue weighted by Crippen LogP contribution is 2.19. The summed E-state index contributed by atoms with van der Waals surface area (Å²) in [7, 11) is 1.70. The van der Waals surface area contributed by atoms with E-state index in [-0.39, 0.29) is 0 Å². The van der Waals surface area contributed by atoms with E-state index >= 15 is 0 Å². The van der Waals surface area contributed by atoms with Gasteiger partial charge in [0.25, 0.3) is 0 Å². The van der Waals surface area contributed by atoms with Crippen LogP contribution in [0, 0.1) is 0 Å². The first kappa shape index (κ1) is 14.0. The van der Waals surface area contributed by atoms with Gasteiger partial charge in [0.1, 0.15) is 5.75 Å². The summed E-state index contributed by atoms with van der Waals surface area (Å²) >= 11 is 0. The number of hydrogen-bond donors (Lipinski definition) is 1. The fraction of sp³-hybridized carbons (Fsp3) is 0.333. The molecule has 0 radical (unpaired) electrons. The van der Waals surface area contributed by atoms with Crippen molar-refractivity contribution in [3.63, 3.8) is 0 Å². The third-order valence-electron chi connectivity index (χ3n) is 3.99. The lowest BCUT2D eigenvalue weighted by molar-refractivity contribution is 0.414. The molecule has 3 heteroatoms.